The average molecular weight is 270 g/mol. The number of alkyl halides is 1. The molecule has 1 amide bonds. The Morgan fingerprint density at radius 1 is 1.44 bits per heavy atom. The molecule has 0 radical (unpaired) electrons. The van der Waals surface area contributed by atoms with E-state index in [1.165, 1.54) is 13.3 Å². The fraction of sp³-hybridized carbons (Fsp3) is 0.250. The number of aliphatic hydroxyl groups is 1. The van der Waals surface area contributed by atoms with Crippen LogP contribution in [0, 0.1) is 0 Å². The quantitative estimate of drug-likeness (QED) is 0.664. The zero-order chi connectivity index (χ0) is 13.3. The normalized spacial score (nSPS) is 14.4. The third-order valence-corrected chi connectivity index (χ3v) is 3.17. The lowest BCUT2D eigenvalue weighted by atomic mass is 10.1. The highest BCUT2D eigenvalue weighted by Gasteiger charge is 2.29. The fourth-order valence-corrected chi connectivity index (χ4v) is 2.01. The molecule has 0 saturated carbocycles. The van der Waals surface area contributed by atoms with Gasteiger partial charge in [0, 0.05) is 17.8 Å². The van der Waals surface area contributed by atoms with Crippen LogP contribution in [0.15, 0.2) is 34.9 Å². The predicted octanol–water partition coefficient (Wildman–Crippen LogP) is 2.64. The smallest absolute Gasteiger partial charge is 0.409 e. The molecular weight excluding hydrogens is 258 g/mol. The molecule has 18 heavy (non-hydrogen) atoms. The van der Waals surface area contributed by atoms with E-state index in [0.717, 1.165) is 15.7 Å². The molecule has 0 aliphatic heterocycles. The van der Waals surface area contributed by atoms with Gasteiger partial charge in [0.1, 0.15) is 11.1 Å². The summed E-state index contributed by atoms with van der Waals surface area (Å²) < 4.78 is 5.32. The van der Waals surface area contributed by atoms with Crippen molar-refractivity contribution >= 4 is 28.5 Å². The zero-order valence-electron chi connectivity index (χ0n) is 9.58. The van der Waals surface area contributed by atoms with Gasteiger partial charge in [0.2, 0.25) is 0 Å². The monoisotopic (exact) mass is 269 g/mol. The van der Waals surface area contributed by atoms with Crippen LogP contribution in [0.1, 0.15) is 11.1 Å². The first-order valence-corrected chi connectivity index (χ1v) is 5.70. The highest BCUT2D eigenvalue weighted by atomic mass is 35.5. The van der Waals surface area contributed by atoms with Crippen LogP contribution in [0.3, 0.4) is 0 Å². The highest BCUT2D eigenvalue weighted by molar-refractivity contribution is 6.22. The van der Waals surface area contributed by atoms with E-state index in [9.17, 15) is 9.90 Å². The second-order valence-corrected chi connectivity index (χ2v) is 4.37. The van der Waals surface area contributed by atoms with Crippen LogP contribution in [0.4, 0.5) is 4.79 Å². The summed E-state index contributed by atoms with van der Waals surface area (Å²) in [5, 5.41) is 19.3. The standard InChI is InChI=1S/C12H12ClNO4/c1-14(12(16)17)11(15)9(13)10-8-5-3-2-4-7(8)6-18-10/h2-6,9,11,15H,1H3,(H,16,17)/t9-,11?/m0/s1. The summed E-state index contributed by atoms with van der Waals surface area (Å²) in [6.45, 7) is 0. The molecule has 2 rings (SSSR count). The molecule has 2 N–H and O–H groups in total. The van der Waals surface area contributed by atoms with Crippen molar-refractivity contribution in [1.82, 2.24) is 4.90 Å². The number of carboxylic acid groups (broad SMARTS) is 1. The molecule has 1 aromatic carbocycles. The molecular formula is C12H12ClNO4. The minimum absolute atomic E-state index is 0.355. The number of aliphatic hydroxyl groups excluding tert-OH is 1. The Kier molecular flexibility index (Phi) is 3.45. The SMILES string of the molecule is CN(C(=O)O)C(O)[C@@H](Cl)c1occ2ccccc12. The van der Waals surface area contributed by atoms with E-state index >= 15 is 0 Å². The van der Waals surface area contributed by atoms with Gasteiger partial charge in [-0.1, -0.05) is 24.3 Å². The zero-order valence-corrected chi connectivity index (χ0v) is 10.3. The summed E-state index contributed by atoms with van der Waals surface area (Å²) in [5.74, 6) is 0.355. The number of hydrogen-bond acceptors (Lipinski definition) is 3. The van der Waals surface area contributed by atoms with E-state index in [0.29, 0.717) is 5.76 Å². The average Bonchev–Trinajstić information content (AvgIpc) is 2.79. The van der Waals surface area contributed by atoms with Crippen LogP contribution >= 0.6 is 11.6 Å². The molecule has 0 saturated heterocycles. The Balaban J connectivity index is 2.33. The van der Waals surface area contributed by atoms with Gasteiger partial charge in [-0.2, -0.15) is 0 Å². The Labute approximate surface area is 108 Å². The van der Waals surface area contributed by atoms with Crippen molar-refractivity contribution in [2.45, 2.75) is 11.6 Å². The number of amides is 1. The largest absolute Gasteiger partial charge is 0.466 e. The Morgan fingerprint density at radius 3 is 2.78 bits per heavy atom. The molecule has 1 unspecified atom stereocenters. The van der Waals surface area contributed by atoms with Crippen molar-refractivity contribution in [1.29, 1.82) is 0 Å². The number of likely N-dealkylation sites (N-methyl/N-ethyl adjacent to an activating group) is 1. The fourth-order valence-electron chi connectivity index (χ4n) is 1.67. The molecule has 96 valence electrons. The van der Waals surface area contributed by atoms with E-state index < -0.39 is 17.7 Å². The molecule has 0 aliphatic carbocycles. The van der Waals surface area contributed by atoms with E-state index in [1.54, 1.807) is 6.07 Å². The summed E-state index contributed by atoms with van der Waals surface area (Å²) in [5.41, 5.74) is 0. The summed E-state index contributed by atoms with van der Waals surface area (Å²) in [6.07, 6.45) is -1.11. The topological polar surface area (TPSA) is 73.9 Å². The van der Waals surface area contributed by atoms with Crippen molar-refractivity contribution in [2.75, 3.05) is 7.05 Å². The van der Waals surface area contributed by atoms with Gasteiger partial charge in [-0.05, 0) is 0 Å². The third kappa shape index (κ3) is 2.14. The molecule has 0 fully saturated rings. The van der Waals surface area contributed by atoms with Crippen molar-refractivity contribution in [2.24, 2.45) is 0 Å². The molecule has 0 aliphatic rings. The lowest BCUT2D eigenvalue weighted by molar-refractivity contribution is 0.0215. The number of furan rings is 1. The summed E-state index contributed by atoms with van der Waals surface area (Å²) in [7, 11) is 1.24. The number of halogens is 1. The number of carbonyl (C=O) groups is 1. The molecule has 6 heteroatoms. The Morgan fingerprint density at radius 2 is 2.11 bits per heavy atom. The number of hydrogen-bond donors (Lipinski definition) is 2. The molecule has 5 nitrogen and oxygen atoms in total. The first-order chi connectivity index (χ1) is 8.52. The highest BCUT2D eigenvalue weighted by Crippen LogP contribution is 2.33. The van der Waals surface area contributed by atoms with Crippen LogP contribution in [0.2, 0.25) is 0 Å². The van der Waals surface area contributed by atoms with Gasteiger partial charge in [-0.15, -0.1) is 11.6 Å². The van der Waals surface area contributed by atoms with Crippen molar-refractivity contribution in [3.05, 3.63) is 36.3 Å². The van der Waals surface area contributed by atoms with Gasteiger partial charge < -0.3 is 14.6 Å². The molecule has 2 atom stereocenters. The van der Waals surface area contributed by atoms with Crippen LogP contribution in [0.25, 0.3) is 10.8 Å². The van der Waals surface area contributed by atoms with E-state index in [-0.39, 0.29) is 0 Å². The third-order valence-electron chi connectivity index (χ3n) is 2.75. The van der Waals surface area contributed by atoms with E-state index in [1.807, 2.05) is 18.2 Å². The molecule has 0 spiro atoms. The van der Waals surface area contributed by atoms with Crippen LogP contribution in [0.5, 0.6) is 0 Å². The minimum atomic E-state index is -1.38. The lowest BCUT2D eigenvalue weighted by Gasteiger charge is -2.23. The lowest BCUT2D eigenvalue weighted by Crippen LogP contribution is -2.38. The molecule has 1 heterocycles. The first-order valence-electron chi connectivity index (χ1n) is 5.26. The van der Waals surface area contributed by atoms with Gasteiger partial charge in [-0.25, -0.2) is 4.79 Å². The molecule has 2 aromatic rings. The number of nitrogens with zero attached hydrogens (tertiary/aromatic N) is 1. The Bertz CT molecular complexity index is 568. The number of rotatable bonds is 3. The maximum absolute atomic E-state index is 10.8. The second kappa shape index (κ2) is 4.88. The molecule has 1 aromatic heterocycles. The summed E-state index contributed by atoms with van der Waals surface area (Å²) >= 11 is 6.07. The number of benzene rings is 1. The Hall–Kier alpha value is -1.72. The predicted molar refractivity (Wildman–Crippen MR) is 66.6 cm³/mol. The van der Waals surface area contributed by atoms with Crippen molar-refractivity contribution in [3.63, 3.8) is 0 Å². The van der Waals surface area contributed by atoms with Gasteiger partial charge in [-0.3, -0.25) is 4.90 Å². The maximum atomic E-state index is 10.8. The maximum Gasteiger partial charge on any atom is 0.409 e. The van der Waals surface area contributed by atoms with E-state index in [4.69, 9.17) is 21.1 Å². The molecule has 0 bridgehead atoms. The van der Waals surface area contributed by atoms with Crippen LogP contribution in [-0.2, 0) is 0 Å². The van der Waals surface area contributed by atoms with Gasteiger partial charge >= 0.3 is 6.09 Å². The van der Waals surface area contributed by atoms with Crippen molar-refractivity contribution in [3.8, 4) is 0 Å². The van der Waals surface area contributed by atoms with Gasteiger partial charge in [0.05, 0.1) is 6.26 Å². The second-order valence-electron chi connectivity index (χ2n) is 3.90. The summed E-state index contributed by atoms with van der Waals surface area (Å²) in [4.78, 5) is 11.5. The van der Waals surface area contributed by atoms with E-state index in [2.05, 4.69) is 0 Å². The summed E-state index contributed by atoms with van der Waals surface area (Å²) in [6, 6.07) is 7.32. The van der Waals surface area contributed by atoms with Crippen LogP contribution < -0.4 is 0 Å². The van der Waals surface area contributed by atoms with Crippen molar-refractivity contribution < 1.29 is 19.4 Å². The minimum Gasteiger partial charge on any atom is -0.466 e. The van der Waals surface area contributed by atoms with Crippen LogP contribution in [-0.4, -0.2) is 34.5 Å². The van der Waals surface area contributed by atoms with Gasteiger partial charge in [0.25, 0.3) is 0 Å². The first kappa shape index (κ1) is 12.7. The van der Waals surface area contributed by atoms with Gasteiger partial charge in [0.15, 0.2) is 6.23 Å². The number of fused-ring (bicyclic) bond motifs is 1.